The van der Waals surface area contributed by atoms with Gasteiger partial charge in [0, 0.05) is 13.1 Å². The van der Waals surface area contributed by atoms with E-state index in [1.807, 2.05) is 57.2 Å². The number of carbonyl (C=O) groups is 2. The molecule has 7 nitrogen and oxygen atoms in total. The van der Waals surface area contributed by atoms with Gasteiger partial charge in [0.2, 0.25) is 21.8 Å². The average Bonchev–Trinajstić information content (AvgIpc) is 2.75. The Hall–Kier alpha value is -2.87. The summed E-state index contributed by atoms with van der Waals surface area (Å²) in [7, 11) is -3.73. The number of carbonyl (C=O) groups excluding carboxylic acids is 2. The van der Waals surface area contributed by atoms with E-state index < -0.39 is 22.0 Å². The second-order valence-electron chi connectivity index (χ2n) is 7.96. The number of benzene rings is 2. The lowest BCUT2D eigenvalue weighted by Gasteiger charge is -2.32. The minimum Gasteiger partial charge on any atom is -0.354 e. The molecule has 32 heavy (non-hydrogen) atoms. The van der Waals surface area contributed by atoms with Crippen molar-refractivity contribution in [3.05, 3.63) is 65.2 Å². The molecule has 0 saturated carbocycles. The lowest BCUT2D eigenvalue weighted by molar-refractivity contribution is -0.139. The van der Waals surface area contributed by atoms with Crippen molar-refractivity contribution in [3.8, 4) is 0 Å². The number of rotatable bonds is 10. The van der Waals surface area contributed by atoms with E-state index in [0.717, 1.165) is 33.7 Å². The molecule has 0 saturated heterocycles. The second-order valence-corrected chi connectivity index (χ2v) is 9.87. The number of anilines is 1. The molecule has 0 unspecified atom stereocenters. The quantitative estimate of drug-likeness (QED) is 0.592. The Bertz CT molecular complexity index is 1040. The van der Waals surface area contributed by atoms with Crippen LogP contribution in [0.3, 0.4) is 0 Å². The fourth-order valence-corrected chi connectivity index (χ4v) is 4.26. The third-order valence-electron chi connectivity index (χ3n) is 5.44. The topological polar surface area (TPSA) is 86.8 Å². The predicted molar refractivity (Wildman–Crippen MR) is 128 cm³/mol. The first-order valence-electron chi connectivity index (χ1n) is 10.7. The summed E-state index contributed by atoms with van der Waals surface area (Å²) in [5.74, 6) is -0.715. The van der Waals surface area contributed by atoms with Crippen LogP contribution in [0.1, 0.15) is 37.0 Å². The van der Waals surface area contributed by atoms with Gasteiger partial charge in [0.25, 0.3) is 0 Å². The maximum atomic E-state index is 13.4. The molecule has 8 heteroatoms. The number of aryl methyl sites for hydroxylation is 1. The van der Waals surface area contributed by atoms with Crippen LogP contribution in [-0.4, -0.2) is 50.5 Å². The molecule has 1 N–H and O–H groups in total. The maximum Gasteiger partial charge on any atom is 0.244 e. The number of hydrogen-bond donors (Lipinski definition) is 1. The molecule has 2 aromatic carbocycles. The summed E-state index contributed by atoms with van der Waals surface area (Å²) in [4.78, 5) is 27.5. The standard InChI is InChI=1S/C24H33N3O4S/c1-6-15-25-24(29)20(4)26(16-21-12-8-7-9-13-21)23(28)17-27(32(5,30)31)22-14-10-11-18(2)19(22)3/h7-14,20H,6,15-17H2,1-5H3,(H,25,29)/t20-/m1/s1. The number of nitrogens with one attached hydrogen (secondary N) is 1. The minimum absolute atomic E-state index is 0.199. The monoisotopic (exact) mass is 459 g/mol. The van der Waals surface area contributed by atoms with Crippen molar-refractivity contribution in [3.63, 3.8) is 0 Å². The van der Waals surface area contributed by atoms with Gasteiger partial charge in [-0.3, -0.25) is 13.9 Å². The predicted octanol–water partition coefficient (Wildman–Crippen LogP) is 3.01. The summed E-state index contributed by atoms with van der Waals surface area (Å²) < 4.78 is 26.4. The molecule has 2 amide bonds. The fourth-order valence-electron chi connectivity index (χ4n) is 3.36. The van der Waals surface area contributed by atoms with Crippen LogP contribution < -0.4 is 9.62 Å². The van der Waals surface area contributed by atoms with Crippen LogP contribution in [0.4, 0.5) is 5.69 Å². The lowest BCUT2D eigenvalue weighted by atomic mass is 10.1. The third-order valence-corrected chi connectivity index (χ3v) is 6.56. The summed E-state index contributed by atoms with van der Waals surface area (Å²) in [6, 6.07) is 13.9. The Morgan fingerprint density at radius 1 is 1.03 bits per heavy atom. The number of nitrogens with zero attached hydrogens (tertiary/aromatic N) is 2. The highest BCUT2D eigenvalue weighted by molar-refractivity contribution is 7.92. The number of hydrogen-bond acceptors (Lipinski definition) is 4. The maximum absolute atomic E-state index is 13.4. The van der Waals surface area contributed by atoms with Crippen LogP contribution in [0.5, 0.6) is 0 Å². The summed E-state index contributed by atoms with van der Waals surface area (Å²) in [5.41, 5.74) is 3.03. The van der Waals surface area contributed by atoms with Crippen molar-refractivity contribution in [1.29, 1.82) is 0 Å². The van der Waals surface area contributed by atoms with Gasteiger partial charge in [0.05, 0.1) is 11.9 Å². The van der Waals surface area contributed by atoms with Gasteiger partial charge in [-0.15, -0.1) is 0 Å². The van der Waals surface area contributed by atoms with Crippen molar-refractivity contribution in [1.82, 2.24) is 10.2 Å². The largest absolute Gasteiger partial charge is 0.354 e. The van der Waals surface area contributed by atoms with Gasteiger partial charge in [-0.1, -0.05) is 49.4 Å². The van der Waals surface area contributed by atoms with Gasteiger partial charge in [-0.05, 0) is 49.9 Å². The first-order chi connectivity index (χ1) is 15.1. The Labute approximate surface area is 191 Å². The van der Waals surface area contributed by atoms with E-state index in [0.29, 0.717) is 12.2 Å². The highest BCUT2D eigenvalue weighted by Crippen LogP contribution is 2.25. The summed E-state index contributed by atoms with van der Waals surface area (Å²) in [5, 5.41) is 2.82. The lowest BCUT2D eigenvalue weighted by Crippen LogP contribution is -2.51. The molecule has 0 bridgehead atoms. The van der Waals surface area contributed by atoms with Crippen molar-refractivity contribution in [2.75, 3.05) is 23.7 Å². The van der Waals surface area contributed by atoms with Crippen LogP contribution in [0.15, 0.2) is 48.5 Å². The Morgan fingerprint density at radius 3 is 2.28 bits per heavy atom. The summed E-state index contributed by atoms with van der Waals surface area (Å²) >= 11 is 0. The molecule has 0 aromatic heterocycles. The van der Waals surface area contributed by atoms with E-state index in [-0.39, 0.29) is 19.0 Å². The first kappa shape index (κ1) is 25.4. The molecule has 0 spiro atoms. The average molecular weight is 460 g/mol. The van der Waals surface area contributed by atoms with Crippen LogP contribution in [0.2, 0.25) is 0 Å². The molecule has 0 fully saturated rings. The van der Waals surface area contributed by atoms with Gasteiger partial charge < -0.3 is 10.2 Å². The molecule has 0 heterocycles. The molecule has 0 aliphatic heterocycles. The molecular weight excluding hydrogens is 426 g/mol. The number of amides is 2. The zero-order valence-corrected chi connectivity index (χ0v) is 20.3. The summed E-state index contributed by atoms with van der Waals surface area (Å²) in [6.07, 6.45) is 1.86. The van der Waals surface area contributed by atoms with Gasteiger partial charge in [-0.2, -0.15) is 0 Å². The number of sulfonamides is 1. The highest BCUT2D eigenvalue weighted by atomic mass is 32.2. The fraction of sp³-hybridized carbons (Fsp3) is 0.417. The summed E-state index contributed by atoms with van der Waals surface area (Å²) in [6.45, 7) is 7.65. The minimum atomic E-state index is -3.73. The molecule has 1 atom stereocenters. The van der Waals surface area contributed by atoms with Crippen LogP contribution in [-0.2, 0) is 26.2 Å². The first-order valence-corrected chi connectivity index (χ1v) is 12.6. The van der Waals surface area contributed by atoms with E-state index >= 15 is 0 Å². The SMILES string of the molecule is CCCNC(=O)[C@@H](C)N(Cc1ccccc1)C(=O)CN(c1cccc(C)c1C)S(C)(=O)=O. The van der Waals surface area contributed by atoms with Gasteiger partial charge in [0.15, 0.2) is 0 Å². The molecule has 174 valence electrons. The van der Waals surface area contributed by atoms with E-state index in [4.69, 9.17) is 0 Å². The normalized spacial score (nSPS) is 12.2. The van der Waals surface area contributed by atoms with Crippen molar-refractivity contribution >= 4 is 27.5 Å². The zero-order valence-electron chi connectivity index (χ0n) is 19.5. The molecular formula is C24H33N3O4S. The molecule has 0 aliphatic rings. The van der Waals surface area contributed by atoms with Crippen LogP contribution in [0.25, 0.3) is 0 Å². The Balaban J connectivity index is 2.39. The van der Waals surface area contributed by atoms with E-state index in [9.17, 15) is 18.0 Å². The smallest absolute Gasteiger partial charge is 0.244 e. The van der Waals surface area contributed by atoms with E-state index in [2.05, 4.69) is 5.32 Å². The second kappa shape index (κ2) is 11.1. The molecule has 0 radical (unpaired) electrons. The van der Waals surface area contributed by atoms with Gasteiger partial charge >= 0.3 is 0 Å². The molecule has 0 aliphatic carbocycles. The van der Waals surface area contributed by atoms with Gasteiger partial charge in [-0.25, -0.2) is 8.42 Å². The Morgan fingerprint density at radius 2 is 1.69 bits per heavy atom. The van der Waals surface area contributed by atoms with Crippen molar-refractivity contribution in [2.24, 2.45) is 0 Å². The molecule has 2 aromatic rings. The van der Waals surface area contributed by atoms with Crippen LogP contribution >= 0.6 is 0 Å². The van der Waals surface area contributed by atoms with Crippen molar-refractivity contribution < 1.29 is 18.0 Å². The third kappa shape index (κ3) is 6.56. The van der Waals surface area contributed by atoms with E-state index in [1.54, 1.807) is 19.1 Å². The van der Waals surface area contributed by atoms with E-state index in [1.165, 1.54) is 4.90 Å². The Kier molecular flexibility index (Phi) is 8.83. The van der Waals surface area contributed by atoms with Crippen molar-refractivity contribution in [2.45, 2.75) is 46.7 Å². The molecule has 2 rings (SSSR count). The van der Waals surface area contributed by atoms with Gasteiger partial charge in [0.1, 0.15) is 12.6 Å². The van der Waals surface area contributed by atoms with Crippen LogP contribution in [0, 0.1) is 13.8 Å². The highest BCUT2D eigenvalue weighted by Gasteiger charge is 2.30. The zero-order chi connectivity index (χ0) is 23.9.